The normalized spacial score (nSPS) is 12.7. The Kier molecular flexibility index (Phi) is 6.89. The van der Waals surface area contributed by atoms with Crippen molar-refractivity contribution in [1.29, 1.82) is 0 Å². The predicted molar refractivity (Wildman–Crippen MR) is 86.1 cm³/mol. The second kappa shape index (κ2) is 8.17. The van der Waals surface area contributed by atoms with E-state index in [2.05, 4.69) is 36.5 Å². The first-order valence-electron chi connectivity index (χ1n) is 7.88. The summed E-state index contributed by atoms with van der Waals surface area (Å²) in [5.41, 5.74) is 3.27. The van der Waals surface area contributed by atoms with Gasteiger partial charge in [-0.2, -0.15) is 5.10 Å². The Morgan fingerprint density at radius 1 is 1.29 bits per heavy atom. The number of carbonyl (C=O) groups excluding carboxylic acids is 1. The molecule has 0 saturated heterocycles. The zero-order valence-corrected chi connectivity index (χ0v) is 14.3. The summed E-state index contributed by atoms with van der Waals surface area (Å²) >= 11 is 0. The summed E-state index contributed by atoms with van der Waals surface area (Å²) in [6.45, 7) is 14.6. The molecule has 0 spiro atoms. The third kappa shape index (κ3) is 5.50. The molecule has 1 atom stereocenters. The first-order chi connectivity index (χ1) is 9.85. The van der Waals surface area contributed by atoms with E-state index in [0.29, 0.717) is 12.5 Å². The van der Waals surface area contributed by atoms with Crippen LogP contribution in [0.5, 0.6) is 0 Å². The Balaban J connectivity index is 2.66. The highest BCUT2D eigenvalue weighted by Gasteiger charge is 2.14. The highest BCUT2D eigenvalue weighted by atomic mass is 16.2. The van der Waals surface area contributed by atoms with Gasteiger partial charge in [-0.15, -0.1) is 0 Å². The van der Waals surface area contributed by atoms with Crippen molar-refractivity contribution in [2.75, 3.05) is 6.54 Å². The van der Waals surface area contributed by atoms with Crippen LogP contribution >= 0.6 is 0 Å². The lowest BCUT2D eigenvalue weighted by atomic mass is 10.2. The maximum Gasteiger partial charge on any atom is 0.241 e. The van der Waals surface area contributed by atoms with E-state index in [4.69, 9.17) is 0 Å². The number of aromatic nitrogens is 2. The van der Waals surface area contributed by atoms with E-state index < -0.39 is 0 Å². The van der Waals surface area contributed by atoms with Gasteiger partial charge in [0.15, 0.2) is 0 Å². The van der Waals surface area contributed by atoms with Crippen molar-refractivity contribution in [3.8, 4) is 0 Å². The third-order valence-corrected chi connectivity index (χ3v) is 3.70. The number of aryl methyl sites for hydroxylation is 1. The molecule has 1 rings (SSSR count). The molecule has 1 heterocycles. The molecule has 0 saturated carbocycles. The number of hydrogen-bond acceptors (Lipinski definition) is 3. The van der Waals surface area contributed by atoms with Gasteiger partial charge < -0.3 is 10.6 Å². The van der Waals surface area contributed by atoms with Crippen LogP contribution in [0.3, 0.4) is 0 Å². The zero-order chi connectivity index (χ0) is 16.0. The largest absolute Gasteiger partial charge is 0.352 e. The molecule has 0 bridgehead atoms. The Morgan fingerprint density at radius 3 is 2.52 bits per heavy atom. The van der Waals surface area contributed by atoms with Gasteiger partial charge in [0.05, 0.1) is 5.69 Å². The fourth-order valence-electron chi connectivity index (χ4n) is 2.19. The Morgan fingerprint density at radius 2 is 1.95 bits per heavy atom. The Bertz CT molecular complexity index is 465. The van der Waals surface area contributed by atoms with Crippen molar-refractivity contribution in [2.24, 2.45) is 5.92 Å². The molecule has 0 aliphatic carbocycles. The second-order valence-corrected chi connectivity index (χ2v) is 6.21. The molecule has 120 valence electrons. The van der Waals surface area contributed by atoms with Crippen molar-refractivity contribution in [2.45, 2.75) is 67.1 Å². The van der Waals surface area contributed by atoms with Crippen LogP contribution in [0, 0.1) is 19.8 Å². The molecule has 0 aromatic carbocycles. The summed E-state index contributed by atoms with van der Waals surface area (Å²) in [4.78, 5) is 12.0. The lowest BCUT2D eigenvalue weighted by molar-refractivity contribution is -0.122. The molecule has 0 aliphatic heterocycles. The molecule has 0 aliphatic rings. The lowest BCUT2D eigenvalue weighted by Gasteiger charge is -2.12. The van der Waals surface area contributed by atoms with Crippen LogP contribution in [0.4, 0.5) is 0 Å². The van der Waals surface area contributed by atoms with Crippen LogP contribution in [0.2, 0.25) is 0 Å². The molecule has 1 unspecified atom stereocenters. The van der Waals surface area contributed by atoms with Crippen molar-refractivity contribution >= 4 is 5.91 Å². The van der Waals surface area contributed by atoms with Crippen molar-refractivity contribution in [1.82, 2.24) is 20.4 Å². The average molecular weight is 294 g/mol. The van der Waals surface area contributed by atoms with E-state index in [0.717, 1.165) is 30.9 Å². The number of carbonyl (C=O) groups is 1. The fourth-order valence-corrected chi connectivity index (χ4v) is 2.19. The van der Waals surface area contributed by atoms with Crippen molar-refractivity contribution < 1.29 is 4.79 Å². The average Bonchev–Trinajstić information content (AvgIpc) is 2.65. The molecule has 1 amide bonds. The highest BCUT2D eigenvalue weighted by molar-refractivity contribution is 5.76. The van der Waals surface area contributed by atoms with Gasteiger partial charge >= 0.3 is 0 Å². The predicted octanol–water partition coefficient (Wildman–Crippen LogP) is 2.16. The summed E-state index contributed by atoms with van der Waals surface area (Å²) in [6, 6.07) is 0.210. The van der Waals surface area contributed by atoms with Gasteiger partial charge in [-0.05, 0) is 39.7 Å². The van der Waals surface area contributed by atoms with Crippen LogP contribution in [-0.4, -0.2) is 28.3 Å². The maximum atomic E-state index is 12.0. The van der Waals surface area contributed by atoms with Gasteiger partial charge in [0.1, 0.15) is 6.54 Å². The zero-order valence-electron chi connectivity index (χ0n) is 14.3. The van der Waals surface area contributed by atoms with Crippen molar-refractivity contribution in [3.63, 3.8) is 0 Å². The van der Waals surface area contributed by atoms with E-state index in [9.17, 15) is 4.79 Å². The summed E-state index contributed by atoms with van der Waals surface area (Å²) < 4.78 is 1.80. The van der Waals surface area contributed by atoms with E-state index in [-0.39, 0.29) is 11.9 Å². The standard InChI is InChI=1S/C16H30N4O/c1-7-12(4)18-16(21)10-20-14(6)15(13(5)19-20)9-17-8-11(2)3/h11-12,17H,7-10H2,1-6H3,(H,18,21). The second-order valence-electron chi connectivity index (χ2n) is 6.21. The molecule has 1 aromatic heterocycles. The van der Waals surface area contributed by atoms with Gasteiger partial charge in [-0.3, -0.25) is 9.48 Å². The first-order valence-corrected chi connectivity index (χ1v) is 7.88. The van der Waals surface area contributed by atoms with E-state index in [1.165, 1.54) is 5.56 Å². The molecule has 0 fully saturated rings. The number of nitrogens with zero attached hydrogens (tertiary/aromatic N) is 2. The Hall–Kier alpha value is -1.36. The SMILES string of the molecule is CCC(C)NC(=O)Cn1nc(C)c(CNCC(C)C)c1C. The summed E-state index contributed by atoms with van der Waals surface area (Å²) in [5.74, 6) is 0.651. The maximum absolute atomic E-state index is 12.0. The summed E-state index contributed by atoms with van der Waals surface area (Å²) in [5, 5.41) is 10.9. The van der Waals surface area contributed by atoms with E-state index >= 15 is 0 Å². The van der Waals surface area contributed by atoms with Crippen LogP contribution in [0.25, 0.3) is 0 Å². The number of amides is 1. The Labute approximate surface area is 128 Å². The van der Waals surface area contributed by atoms with Gasteiger partial charge in [-0.25, -0.2) is 0 Å². The van der Waals surface area contributed by atoms with Gasteiger partial charge in [0, 0.05) is 23.8 Å². The monoisotopic (exact) mass is 294 g/mol. The smallest absolute Gasteiger partial charge is 0.241 e. The number of rotatable bonds is 8. The minimum absolute atomic E-state index is 0.0247. The topological polar surface area (TPSA) is 59.0 Å². The van der Waals surface area contributed by atoms with Gasteiger partial charge in [0.25, 0.3) is 0 Å². The van der Waals surface area contributed by atoms with Crippen LogP contribution in [0.15, 0.2) is 0 Å². The molecular weight excluding hydrogens is 264 g/mol. The van der Waals surface area contributed by atoms with E-state index in [1.807, 2.05) is 20.8 Å². The molecule has 21 heavy (non-hydrogen) atoms. The van der Waals surface area contributed by atoms with Crippen LogP contribution in [0.1, 0.15) is 51.1 Å². The van der Waals surface area contributed by atoms with Crippen LogP contribution in [-0.2, 0) is 17.9 Å². The number of nitrogens with one attached hydrogen (secondary N) is 2. The third-order valence-electron chi connectivity index (χ3n) is 3.70. The molecule has 5 heteroatoms. The lowest BCUT2D eigenvalue weighted by Crippen LogP contribution is -2.35. The summed E-state index contributed by atoms with van der Waals surface area (Å²) in [7, 11) is 0. The van der Waals surface area contributed by atoms with Crippen molar-refractivity contribution in [3.05, 3.63) is 17.0 Å². The minimum Gasteiger partial charge on any atom is -0.352 e. The minimum atomic E-state index is 0.0247. The molecule has 5 nitrogen and oxygen atoms in total. The molecule has 2 N–H and O–H groups in total. The van der Waals surface area contributed by atoms with E-state index in [1.54, 1.807) is 4.68 Å². The van der Waals surface area contributed by atoms with Gasteiger partial charge in [-0.1, -0.05) is 20.8 Å². The van der Waals surface area contributed by atoms with Gasteiger partial charge in [0.2, 0.25) is 5.91 Å². The first kappa shape index (κ1) is 17.7. The highest BCUT2D eigenvalue weighted by Crippen LogP contribution is 2.12. The fraction of sp³-hybridized carbons (Fsp3) is 0.750. The van der Waals surface area contributed by atoms with Crippen LogP contribution < -0.4 is 10.6 Å². The summed E-state index contributed by atoms with van der Waals surface area (Å²) in [6.07, 6.45) is 0.938. The quantitative estimate of drug-likeness (QED) is 0.772. The molecular formula is C16H30N4O. The molecule has 0 radical (unpaired) electrons. The number of hydrogen-bond donors (Lipinski definition) is 2. The molecule has 1 aromatic rings.